The summed E-state index contributed by atoms with van der Waals surface area (Å²) in [5, 5.41) is 9.14. The van der Waals surface area contributed by atoms with Crippen LogP contribution in [0.5, 0.6) is 0 Å². The molecule has 0 aliphatic heterocycles. The van der Waals surface area contributed by atoms with E-state index >= 15 is 0 Å². The van der Waals surface area contributed by atoms with Crippen molar-refractivity contribution in [3.8, 4) is 0 Å². The molecule has 1 aromatic rings. The Balaban J connectivity index is 3.28. The van der Waals surface area contributed by atoms with E-state index < -0.39 is 12.0 Å². The fourth-order valence-electron chi connectivity index (χ4n) is 2.30. The molecule has 1 N–H and O–H groups in total. The van der Waals surface area contributed by atoms with Gasteiger partial charge in [0.05, 0.1) is 0 Å². The first-order valence-electron chi connectivity index (χ1n) is 6.63. The lowest BCUT2D eigenvalue weighted by Crippen LogP contribution is -2.36. The van der Waals surface area contributed by atoms with Crippen LogP contribution < -0.4 is 4.90 Å². The molecule has 0 aliphatic rings. The number of rotatable bonds is 3. The Morgan fingerprint density at radius 2 is 1.63 bits per heavy atom. The molecule has 0 saturated heterocycles. The molecular weight excluding hydrogens is 238 g/mol. The van der Waals surface area contributed by atoms with Crippen LogP contribution in [-0.4, -0.2) is 24.2 Å². The number of nitrogens with zero attached hydrogens (tertiary/aromatic N) is 1. The van der Waals surface area contributed by atoms with E-state index in [9.17, 15) is 4.79 Å². The van der Waals surface area contributed by atoms with Crippen molar-refractivity contribution in [2.45, 2.75) is 53.0 Å². The van der Waals surface area contributed by atoms with Crippen LogP contribution in [0.25, 0.3) is 0 Å². The maximum atomic E-state index is 11.1. The van der Waals surface area contributed by atoms with Crippen molar-refractivity contribution in [2.24, 2.45) is 0 Å². The summed E-state index contributed by atoms with van der Waals surface area (Å²) in [5.74, 6) is -0.804. The Morgan fingerprint density at radius 1 is 1.21 bits per heavy atom. The van der Waals surface area contributed by atoms with Crippen LogP contribution in [0.15, 0.2) is 12.1 Å². The van der Waals surface area contributed by atoms with E-state index in [4.69, 9.17) is 5.11 Å². The Labute approximate surface area is 116 Å². The summed E-state index contributed by atoms with van der Waals surface area (Å²) in [5.41, 5.74) is 4.65. The van der Waals surface area contributed by atoms with Crippen molar-refractivity contribution < 1.29 is 9.90 Å². The first-order chi connectivity index (χ1) is 8.55. The third-order valence-electron chi connectivity index (χ3n) is 3.65. The van der Waals surface area contributed by atoms with Gasteiger partial charge in [0.15, 0.2) is 0 Å². The van der Waals surface area contributed by atoms with Gasteiger partial charge in [-0.1, -0.05) is 32.9 Å². The van der Waals surface area contributed by atoms with Gasteiger partial charge >= 0.3 is 5.97 Å². The number of hydrogen-bond acceptors (Lipinski definition) is 2. The van der Waals surface area contributed by atoms with E-state index in [1.54, 1.807) is 6.92 Å². The average Bonchev–Trinajstić information content (AvgIpc) is 2.25. The molecular formula is C16H25NO2. The molecule has 3 nitrogen and oxygen atoms in total. The molecule has 0 aromatic heterocycles. The molecule has 1 rings (SSSR count). The van der Waals surface area contributed by atoms with Gasteiger partial charge in [-0.25, -0.2) is 4.79 Å². The highest BCUT2D eigenvalue weighted by molar-refractivity contribution is 5.78. The summed E-state index contributed by atoms with van der Waals surface area (Å²) in [4.78, 5) is 13.0. The maximum Gasteiger partial charge on any atom is 0.326 e. The molecule has 3 heteroatoms. The monoisotopic (exact) mass is 263 g/mol. The van der Waals surface area contributed by atoms with Gasteiger partial charge in [0.1, 0.15) is 6.04 Å². The number of benzene rings is 1. The predicted molar refractivity (Wildman–Crippen MR) is 80.1 cm³/mol. The van der Waals surface area contributed by atoms with Gasteiger partial charge in [0.2, 0.25) is 0 Å². The molecule has 0 spiro atoms. The Morgan fingerprint density at radius 3 is 1.95 bits per heavy atom. The van der Waals surface area contributed by atoms with Gasteiger partial charge in [0, 0.05) is 12.7 Å². The van der Waals surface area contributed by atoms with Crippen molar-refractivity contribution >= 4 is 11.7 Å². The van der Waals surface area contributed by atoms with Crippen LogP contribution in [0.1, 0.15) is 44.4 Å². The zero-order valence-corrected chi connectivity index (χ0v) is 13.0. The van der Waals surface area contributed by atoms with Crippen molar-refractivity contribution in [3.05, 3.63) is 28.8 Å². The molecule has 106 valence electrons. The Hall–Kier alpha value is -1.51. The second kappa shape index (κ2) is 5.24. The maximum absolute atomic E-state index is 11.1. The van der Waals surface area contributed by atoms with Crippen molar-refractivity contribution in [2.75, 3.05) is 11.9 Å². The van der Waals surface area contributed by atoms with Crippen molar-refractivity contribution in [3.63, 3.8) is 0 Å². The highest BCUT2D eigenvalue weighted by Gasteiger charge is 2.22. The lowest BCUT2D eigenvalue weighted by atomic mass is 9.84. The van der Waals surface area contributed by atoms with Crippen molar-refractivity contribution in [1.29, 1.82) is 0 Å². The number of carboxylic acid groups (broad SMARTS) is 1. The van der Waals surface area contributed by atoms with E-state index in [1.165, 1.54) is 5.56 Å². The zero-order valence-electron chi connectivity index (χ0n) is 13.0. The number of aryl methyl sites for hydroxylation is 2. The highest BCUT2D eigenvalue weighted by atomic mass is 16.4. The van der Waals surface area contributed by atoms with E-state index in [0.717, 1.165) is 16.8 Å². The Bertz CT molecular complexity index is 463. The van der Waals surface area contributed by atoms with Gasteiger partial charge in [-0.2, -0.15) is 0 Å². The molecule has 1 aromatic carbocycles. The number of likely N-dealkylation sites (N-methyl/N-ethyl adjacent to an activating group) is 1. The average molecular weight is 263 g/mol. The van der Waals surface area contributed by atoms with E-state index in [0.29, 0.717) is 0 Å². The molecule has 0 aliphatic carbocycles. The topological polar surface area (TPSA) is 40.5 Å². The van der Waals surface area contributed by atoms with Gasteiger partial charge in [-0.3, -0.25) is 0 Å². The minimum Gasteiger partial charge on any atom is -0.480 e. The first kappa shape index (κ1) is 15.5. The summed E-state index contributed by atoms with van der Waals surface area (Å²) >= 11 is 0. The lowest BCUT2D eigenvalue weighted by Gasteiger charge is -2.29. The van der Waals surface area contributed by atoms with Crippen LogP contribution in [0.3, 0.4) is 0 Å². The smallest absolute Gasteiger partial charge is 0.326 e. The third-order valence-corrected chi connectivity index (χ3v) is 3.65. The molecule has 0 radical (unpaired) electrons. The number of aliphatic carboxylic acids is 1. The Kier molecular flexibility index (Phi) is 4.28. The summed E-state index contributed by atoms with van der Waals surface area (Å²) in [6, 6.07) is 3.79. The molecule has 1 unspecified atom stereocenters. The molecule has 19 heavy (non-hydrogen) atoms. The van der Waals surface area contributed by atoms with Crippen LogP contribution in [0.2, 0.25) is 0 Å². The molecule has 0 heterocycles. The van der Waals surface area contributed by atoms with E-state index in [-0.39, 0.29) is 5.41 Å². The summed E-state index contributed by atoms with van der Waals surface area (Å²) < 4.78 is 0. The predicted octanol–water partition coefficient (Wildman–Crippen LogP) is 3.51. The minimum atomic E-state index is -0.804. The molecule has 0 fully saturated rings. The fourth-order valence-corrected chi connectivity index (χ4v) is 2.30. The van der Waals surface area contributed by atoms with Gasteiger partial charge in [0.25, 0.3) is 0 Å². The minimum absolute atomic E-state index is 0.102. The SMILES string of the molecule is Cc1cc(C(C)(C)C)cc(C)c1N(C)C(C)C(=O)O. The van der Waals surface area contributed by atoms with Crippen LogP contribution in [0.4, 0.5) is 5.69 Å². The van der Waals surface area contributed by atoms with Crippen LogP contribution in [-0.2, 0) is 10.2 Å². The lowest BCUT2D eigenvalue weighted by molar-refractivity contribution is -0.138. The molecule has 0 bridgehead atoms. The van der Waals surface area contributed by atoms with E-state index in [1.807, 2.05) is 25.8 Å². The second-order valence-corrected chi connectivity index (χ2v) is 6.33. The first-order valence-corrected chi connectivity index (χ1v) is 6.63. The third kappa shape index (κ3) is 3.28. The molecule has 0 saturated carbocycles. The zero-order chi connectivity index (χ0) is 15.0. The van der Waals surface area contributed by atoms with Crippen LogP contribution in [0, 0.1) is 13.8 Å². The van der Waals surface area contributed by atoms with Crippen molar-refractivity contribution in [1.82, 2.24) is 0 Å². The fraction of sp³-hybridized carbons (Fsp3) is 0.562. The quantitative estimate of drug-likeness (QED) is 0.907. The summed E-state index contributed by atoms with van der Waals surface area (Å²) in [6.07, 6.45) is 0. The molecule has 0 amide bonds. The molecule has 1 atom stereocenters. The number of carbonyl (C=O) groups is 1. The number of hydrogen-bond donors (Lipinski definition) is 1. The van der Waals surface area contributed by atoms with Gasteiger partial charge < -0.3 is 10.0 Å². The van der Waals surface area contributed by atoms with E-state index in [2.05, 4.69) is 32.9 Å². The summed E-state index contributed by atoms with van der Waals surface area (Å²) in [7, 11) is 1.84. The largest absolute Gasteiger partial charge is 0.480 e. The summed E-state index contributed by atoms with van der Waals surface area (Å²) in [6.45, 7) is 12.4. The second-order valence-electron chi connectivity index (χ2n) is 6.33. The van der Waals surface area contributed by atoms with Gasteiger partial charge in [-0.15, -0.1) is 0 Å². The van der Waals surface area contributed by atoms with Crippen LogP contribution >= 0.6 is 0 Å². The van der Waals surface area contributed by atoms with Gasteiger partial charge in [-0.05, 0) is 42.9 Å². The number of carboxylic acids is 1. The standard InChI is InChI=1S/C16H25NO2/c1-10-8-13(16(4,5)6)9-11(2)14(10)17(7)12(3)15(18)19/h8-9,12H,1-7H3,(H,18,19). The number of anilines is 1. The highest BCUT2D eigenvalue weighted by Crippen LogP contribution is 2.32. The normalized spacial score (nSPS) is 13.2.